The predicted octanol–water partition coefficient (Wildman–Crippen LogP) is 4.83. The quantitative estimate of drug-likeness (QED) is 0.433. The zero-order chi connectivity index (χ0) is 15.8. The fourth-order valence-corrected chi connectivity index (χ4v) is 3.95. The summed E-state index contributed by atoms with van der Waals surface area (Å²) in [6.07, 6.45) is 1.91. The molecule has 5 heteroatoms. The molecule has 1 aromatic rings. The van der Waals surface area contributed by atoms with Crippen molar-refractivity contribution in [1.29, 1.82) is 0 Å². The second-order valence-electron chi connectivity index (χ2n) is 7.38. The van der Waals surface area contributed by atoms with Gasteiger partial charge in [-0.05, 0) is 59.0 Å². The number of hydrogen-bond acceptors (Lipinski definition) is 3. The first kappa shape index (κ1) is 16.8. The minimum absolute atomic E-state index is 0.0709. The zero-order valence-electron chi connectivity index (χ0n) is 13.4. The summed E-state index contributed by atoms with van der Waals surface area (Å²) in [5, 5.41) is 0.216. The highest BCUT2D eigenvalue weighted by atomic mass is 79.9. The lowest BCUT2D eigenvalue weighted by molar-refractivity contribution is 0.0425. The Morgan fingerprint density at radius 2 is 1.95 bits per heavy atom. The summed E-state index contributed by atoms with van der Waals surface area (Å²) in [4.78, 5) is 16.6. The fraction of sp³-hybridized carbons (Fsp3) is 0.625. The van der Waals surface area contributed by atoms with Gasteiger partial charge in [0.1, 0.15) is 10.3 Å². The van der Waals surface area contributed by atoms with Crippen LogP contribution in [0.1, 0.15) is 44.1 Å². The third-order valence-electron chi connectivity index (χ3n) is 4.70. The number of nitrogens with zero attached hydrogens (tertiary/aromatic N) is 1. The molecule has 0 aliphatic heterocycles. The van der Waals surface area contributed by atoms with Crippen molar-refractivity contribution < 1.29 is 9.22 Å². The van der Waals surface area contributed by atoms with Gasteiger partial charge < -0.3 is 4.43 Å². The van der Waals surface area contributed by atoms with E-state index in [4.69, 9.17) is 4.43 Å². The van der Waals surface area contributed by atoms with E-state index in [-0.39, 0.29) is 22.8 Å². The first-order valence-electron chi connectivity index (χ1n) is 7.45. The summed E-state index contributed by atoms with van der Waals surface area (Å²) in [6, 6.07) is 5.47. The molecule has 0 N–H and O–H groups in total. The topological polar surface area (TPSA) is 39.2 Å². The summed E-state index contributed by atoms with van der Waals surface area (Å²) in [6.45, 7) is 11.2. The molecule has 21 heavy (non-hydrogen) atoms. The lowest BCUT2D eigenvalue weighted by Gasteiger charge is -2.44. The number of aromatic nitrogens is 1. The number of carbonyl (C=O) groups excluding carboxylic acids is 1. The second kappa shape index (κ2) is 5.93. The summed E-state index contributed by atoms with van der Waals surface area (Å²) in [5.74, 6) is 0.216. The molecule has 3 nitrogen and oxygen atoms in total. The van der Waals surface area contributed by atoms with Gasteiger partial charge in [-0.3, -0.25) is 4.79 Å². The highest BCUT2D eigenvalue weighted by Crippen LogP contribution is 2.42. The van der Waals surface area contributed by atoms with Crippen LogP contribution in [0.5, 0.6) is 0 Å². The van der Waals surface area contributed by atoms with E-state index in [0.717, 1.165) is 12.8 Å². The Hall–Kier alpha value is -0.523. The molecule has 1 aliphatic carbocycles. The van der Waals surface area contributed by atoms with Crippen molar-refractivity contribution in [2.75, 3.05) is 0 Å². The van der Waals surface area contributed by atoms with Gasteiger partial charge in [0.2, 0.25) is 0 Å². The van der Waals surface area contributed by atoms with E-state index < -0.39 is 8.32 Å². The number of hydrogen-bond donors (Lipinski definition) is 0. The van der Waals surface area contributed by atoms with Crippen LogP contribution < -0.4 is 0 Å². The average molecular weight is 370 g/mol. The Morgan fingerprint density at radius 3 is 2.48 bits per heavy atom. The number of halogens is 1. The van der Waals surface area contributed by atoms with Crippen molar-refractivity contribution in [2.24, 2.45) is 5.92 Å². The summed E-state index contributed by atoms with van der Waals surface area (Å²) < 4.78 is 7.05. The SMILES string of the molecule is CC(C)(C)[Si](C)(C)OC1CC(C(=O)c2cccc(Br)n2)C1. The molecule has 0 spiro atoms. The normalized spacial score (nSPS) is 22.8. The molecule has 1 aliphatic rings. The van der Waals surface area contributed by atoms with Crippen molar-refractivity contribution >= 4 is 30.0 Å². The Labute approximate surface area is 136 Å². The highest BCUT2D eigenvalue weighted by Gasteiger charge is 2.44. The smallest absolute Gasteiger partial charge is 0.192 e. The molecule has 0 saturated heterocycles. The third kappa shape index (κ3) is 3.82. The number of rotatable bonds is 4. The van der Waals surface area contributed by atoms with Crippen molar-refractivity contribution in [3.63, 3.8) is 0 Å². The van der Waals surface area contributed by atoms with E-state index in [0.29, 0.717) is 10.3 Å². The Morgan fingerprint density at radius 1 is 1.33 bits per heavy atom. The van der Waals surface area contributed by atoms with Crippen LogP contribution in [-0.2, 0) is 4.43 Å². The van der Waals surface area contributed by atoms with Gasteiger partial charge in [-0.15, -0.1) is 0 Å². The molecule has 1 saturated carbocycles. The minimum Gasteiger partial charge on any atom is -0.414 e. The number of Topliss-reactive ketones (excluding diaryl/α,β-unsaturated/α-hetero) is 1. The van der Waals surface area contributed by atoms with Crippen molar-refractivity contribution in [2.45, 2.75) is 57.8 Å². The average Bonchev–Trinajstić information content (AvgIpc) is 2.31. The van der Waals surface area contributed by atoms with E-state index in [1.165, 1.54) is 0 Å². The van der Waals surface area contributed by atoms with Crippen LogP contribution in [0.4, 0.5) is 0 Å². The van der Waals surface area contributed by atoms with Gasteiger partial charge in [0, 0.05) is 12.0 Å². The van der Waals surface area contributed by atoms with E-state index >= 15 is 0 Å². The molecule has 2 rings (SSSR count). The number of carbonyl (C=O) groups is 1. The standard InChI is InChI=1S/C16H24BrNO2Si/c1-16(2,3)21(4,5)20-12-9-11(10-12)15(19)13-7-6-8-14(17)18-13/h6-8,11-12H,9-10H2,1-5H3. The monoisotopic (exact) mass is 369 g/mol. The molecular weight excluding hydrogens is 346 g/mol. The van der Waals surface area contributed by atoms with Gasteiger partial charge in [-0.2, -0.15) is 0 Å². The van der Waals surface area contributed by atoms with Crippen molar-refractivity contribution in [1.82, 2.24) is 4.98 Å². The van der Waals surface area contributed by atoms with Gasteiger partial charge in [0.05, 0.1) is 0 Å². The van der Waals surface area contributed by atoms with E-state index in [2.05, 4.69) is 54.8 Å². The van der Waals surface area contributed by atoms with E-state index in [1.54, 1.807) is 6.07 Å². The molecule has 1 aromatic heterocycles. The van der Waals surface area contributed by atoms with Gasteiger partial charge in [-0.25, -0.2) is 4.98 Å². The molecule has 0 atom stereocenters. The van der Waals surface area contributed by atoms with E-state index in [9.17, 15) is 4.79 Å². The number of ketones is 1. The van der Waals surface area contributed by atoms with Crippen molar-refractivity contribution in [3.05, 3.63) is 28.5 Å². The van der Waals surface area contributed by atoms with Crippen LogP contribution in [0, 0.1) is 5.92 Å². The summed E-state index contributed by atoms with van der Waals surface area (Å²) in [7, 11) is -1.72. The minimum atomic E-state index is -1.72. The second-order valence-corrected chi connectivity index (χ2v) is 12.9. The Kier molecular flexibility index (Phi) is 4.76. The molecule has 1 heterocycles. The Bertz CT molecular complexity index is 533. The van der Waals surface area contributed by atoms with Crippen molar-refractivity contribution in [3.8, 4) is 0 Å². The van der Waals surface area contributed by atoms with Gasteiger partial charge in [-0.1, -0.05) is 26.8 Å². The lowest BCUT2D eigenvalue weighted by atomic mass is 9.78. The third-order valence-corrected chi connectivity index (χ3v) is 9.68. The van der Waals surface area contributed by atoms with Crippen LogP contribution in [0.15, 0.2) is 22.8 Å². The maximum absolute atomic E-state index is 12.4. The van der Waals surface area contributed by atoms with Crippen LogP contribution in [0.25, 0.3) is 0 Å². The molecule has 0 amide bonds. The van der Waals surface area contributed by atoms with Gasteiger partial charge in [0.25, 0.3) is 0 Å². The maximum Gasteiger partial charge on any atom is 0.192 e. The van der Waals surface area contributed by atoms with E-state index in [1.807, 2.05) is 12.1 Å². The molecule has 0 unspecified atom stereocenters. The first-order valence-corrected chi connectivity index (χ1v) is 11.1. The van der Waals surface area contributed by atoms with Gasteiger partial charge in [0.15, 0.2) is 14.1 Å². The Balaban J connectivity index is 1.91. The molecule has 1 fully saturated rings. The first-order chi connectivity index (χ1) is 9.60. The van der Waals surface area contributed by atoms with Crippen LogP contribution in [0.3, 0.4) is 0 Å². The molecular formula is C16H24BrNO2Si. The van der Waals surface area contributed by atoms with Gasteiger partial charge >= 0.3 is 0 Å². The van der Waals surface area contributed by atoms with Crippen LogP contribution >= 0.6 is 15.9 Å². The van der Waals surface area contributed by atoms with Crippen LogP contribution in [-0.4, -0.2) is 25.2 Å². The molecule has 116 valence electrons. The highest BCUT2D eigenvalue weighted by molar-refractivity contribution is 9.10. The van der Waals surface area contributed by atoms with Crippen LogP contribution in [0.2, 0.25) is 18.1 Å². The zero-order valence-corrected chi connectivity index (χ0v) is 16.0. The summed E-state index contributed by atoms with van der Waals surface area (Å²) >= 11 is 3.31. The molecule has 0 aromatic carbocycles. The largest absolute Gasteiger partial charge is 0.414 e. The molecule has 0 radical (unpaired) electrons. The maximum atomic E-state index is 12.4. The predicted molar refractivity (Wildman–Crippen MR) is 91.1 cm³/mol. The number of pyridine rings is 1. The summed E-state index contributed by atoms with van der Waals surface area (Å²) in [5.41, 5.74) is 0.556. The lowest BCUT2D eigenvalue weighted by Crippen LogP contribution is -2.48. The fourth-order valence-electron chi connectivity index (χ4n) is 2.22. The molecule has 0 bridgehead atoms.